The molecule has 19 heteroatoms. The van der Waals surface area contributed by atoms with Crippen molar-refractivity contribution in [1.82, 2.24) is 0 Å². The largest absolute Gasteiger partial charge is 1.00 e. The summed E-state index contributed by atoms with van der Waals surface area (Å²) in [5, 5.41) is 22.1. The Labute approximate surface area is 467 Å². The quantitative estimate of drug-likeness (QED) is 0.197. The number of hydrogen-bond donors (Lipinski definition) is 2. The molecule has 7 aliphatic carbocycles. The molecule has 73 heavy (non-hydrogen) atoms. The fourth-order valence-electron chi connectivity index (χ4n) is 16.4. The summed E-state index contributed by atoms with van der Waals surface area (Å²) in [6, 6.07) is 0. The summed E-state index contributed by atoms with van der Waals surface area (Å²) < 4.78 is 72.7. The average Bonchev–Trinajstić information content (AvgIpc) is 4.07. The van der Waals surface area contributed by atoms with E-state index in [0.29, 0.717) is 38.8 Å². The first-order chi connectivity index (χ1) is 33.0. The average molecular weight is 1190 g/mol. The number of carbonyl (C=O) groups excluding carboxylic acids is 2. The topological polar surface area (TPSA) is 239 Å². The second kappa shape index (κ2) is 21.8. The molecule has 0 aromatic carbocycles. The number of rotatable bonds is 7. The molecule has 9 aliphatic rings. The van der Waals surface area contributed by atoms with Crippen molar-refractivity contribution in [3.05, 3.63) is 0 Å². The third-order valence-corrected chi connectivity index (χ3v) is 31.6. The van der Waals surface area contributed by atoms with E-state index in [1.807, 2.05) is 0 Å². The number of carboxylic acid groups (broad SMARTS) is 1. The molecule has 0 radical (unpaired) electrons. The molecule has 2 heterocycles. The Balaban J connectivity index is 0.000000215. The van der Waals surface area contributed by atoms with E-state index in [4.69, 9.17) is 41.5 Å². The van der Waals surface area contributed by atoms with Crippen LogP contribution in [0.25, 0.3) is 0 Å². The fourth-order valence-corrected chi connectivity index (χ4v) is 19.2. The summed E-state index contributed by atoms with van der Waals surface area (Å²) in [7, 11) is -3.88. The molecule has 15 atom stereocenters. The zero-order valence-electron chi connectivity index (χ0n) is 47.2. The first-order valence-corrected chi connectivity index (χ1v) is 36.7. The minimum atomic E-state index is -5.94. The molecule has 414 valence electrons. The summed E-state index contributed by atoms with van der Waals surface area (Å²) >= 11 is -5.94. The number of aliphatic hydroxyl groups excluding tert-OH is 1. The van der Waals surface area contributed by atoms with Gasteiger partial charge < -0.3 is 42.8 Å². The number of aliphatic hydroxyl groups is 1. The van der Waals surface area contributed by atoms with Crippen molar-refractivity contribution in [1.29, 1.82) is 0 Å². The van der Waals surface area contributed by atoms with Crippen molar-refractivity contribution in [3.8, 4) is 0 Å². The second-order valence-corrected chi connectivity index (χ2v) is 39.5. The Kier molecular flexibility index (Phi) is 18.7. The molecule has 0 aromatic rings. The Bertz CT molecular complexity index is 1970. The maximum absolute atomic E-state index is 13.8. The fraction of sp³-hybridized carbons (Fsp3) is 0.944. The number of Topliss-reactive ketones (excluding diaryl/α,β-unsaturated/α-hetero) is 1. The van der Waals surface area contributed by atoms with Crippen LogP contribution < -0.4 is 63.4 Å². The molecule has 2 N–H and O–H groups in total. The van der Waals surface area contributed by atoms with Crippen LogP contribution in [-0.2, 0) is 42.2 Å². The van der Waals surface area contributed by atoms with Crippen molar-refractivity contribution < 1.29 is 116 Å². The summed E-state index contributed by atoms with van der Waals surface area (Å²) in [5.41, 5.74) is -0.761. The number of fused-ring (bicyclic) bond motifs is 8. The van der Waals surface area contributed by atoms with Crippen LogP contribution in [0.1, 0.15) is 159 Å². The predicted molar refractivity (Wildman–Crippen MR) is 263 cm³/mol. The van der Waals surface area contributed by atoms with Gasteiger partial charge in [-0.15, -0.1) is 0 Å². The van der Waals surface area contributed by atoms with Crippen LogP contribution in [-0.4, -0.2) is 101 Å². The second-order valence-electron chi connectivity index (χ2n) is 27.8. The molecule has 15 nitrogen and oxygen atoms in total. The van der Waals surface area contributed by atoms with Crippen LogP contribution in [0.2, 0.25) is 36.3 Å². The molecular weight excluding hydrogens is 1090 g/mol. The minimum absolute atomic E-state index is 0. The van der Waals surface area contributed by atoms with Crippen molar-refractivity contribution >= 4 is 34.7 Å². The van der Waals surface area contributed by atoms with E-state index in [-0.39, 0.29) is 109 Å². The number of carbonyl (C=O) groups is 3. The number of ketones is 1. The van der Waals surface area contributed by atoms with Gasteiger partial charge in [-0.05, 0) is 154 Å². The monoisotopic (exact) mass is 1190 g/mol. The summed E-state index contributed by atoms with van der Waals surface area (Å²) in [6.07, 6.45) is 12.9. The molecule has 9 fully saturated rings. The molecular formula is C54H92INaO15Si2. The first-order valence-electron chi connectivity index (χ1n) is 27.4. The molecule has 0 amide bonds. The standard InChI is InChI=1S/C27H46O6Si.C27H46O5Si.IO4.Na/c1-24(2,3)34(6,7)33-18-8-11-25(4,22(16-18)23(29)30)20-9-12-26(5)21(19(20)17-28)10-13-27(26)31-14-15-32-27;1-24(2,3)33(6,7)32-17-8-11-25(4)18-9-12-26(5)19(10-13-27(26)30-14-15-31-27)21(18)23(29)22(28)20(25)16-17;2-1(3,4)5;/h17-22H,8-16H2,1-7H3,(H,29,30);17-21,23,29H,8-16H2,1-7H3;;/q;;-1;+1/t18-,19+,20-,21-,22+,25+,26-;17-,18-,19-,20+,21+,23?,25+,26-;;/m00../s1. The Morgan fingerprint density at radius 1 is 0.644 bits per heavy atom. The molecule has 2 spiro atoms. The maximum Gasteiger partial charge on any atom is 1.00 e. The van der Waals surface area contributed by atoms with E-state index < -0.39 is 71.7 Å². The van der Waals surface area contributed by atoms with E-state index in [1.54, 1.807) is 0 Å². The zero-order valence-corrected chi connectivity index (χ0v) is 53.4. The Hall–Kier alpha value is 0.534. The van der Waals surface area contributed by atoms with Gasteiger partial charge in [-0.25, -0.2) is 0 Å². The minimum Gasteiger partial charge on any atom is -0.481 e. The third kappa shape index (κ3) is 11.3. The van der Waals surface area contributed by atoms with E-state index in [0.717, 1.165) is 89.8 Å². The van der Waals surface area contributed by atoms with Gasteiger partial charge in [-0.3, -0.25) is 23.3 Å². The van der Waals surface area contributed by atoms with Crippen LogP contribution in [0, 0.1) is 69.0 Å². The number of aldehydes is 1. The summed E-state index contributed by atoms with van der Waals surface area (Å²) in [6.45, 7) is 34.2. The van der Waals surface area contributed by atoms with Gasteiger partial charge in [0, 0.05) is 47.7 Å². The van der Waals surface area contributed by atoms with Crippen molar-refractivity contribution in [3.63, 3.8) is 0 Å². The van der Waals surface area contributed by atoms with Crippen molar-refractivity contribution in [2.45, 2.75) is 225 Å². The smallest absolute Gasteiger partial charge is 0.481 e. The van der Waals surface area contributed by atoms with E-state index in [1.165, 1.54) is 0 Å². The number of halogens is 1. The molecule has 9 rings (SSSR count). The number of aliphatic carboxylic acids is 1. The van der Waals surface area contributed by atoms with Gasteiger partial charge >= 0.3 is 35.5 Å². The van der Waals surface area contributed by atoms with E-state index in [2.05, 4.69) is 95.4 Å². The Morgan fingerprint density at radius 2 is 1.04 bits per heavy atom. The Morgan fingerprint density at radius 3 is 1.48 bits per heavy atom. The van der Waals surface area contributed by atoms with Crippen LogP contribution in [0.5, 0.6) is 0 Å². The molecule has 2 saturated heterocycles. The van der Waals surface area contributed by atoms with Gasteiger partial charge in [0.05, 0.1) is 32.3 Å². The zero-order chi connectivity index (χ0) is 53.7. The van der Waals surface area contributed by atoms with Gasteiger partial charge in [-0.1, -0.05) is 69.2 Å². The summed E-state index contributed by atoms with van der Waals surface area (Å²) in [5.74, 6) is -1.52. The number of carboxylic acids is 1. The molecule has 1 unspecified atom stereocenters. The SMILES string of the molecule is CC(C)(C)[Si](C)(C)O[C@H]1CC[C@@]2(C)[C@H](C1)C(=O)C(O)[C@@H]1[C@@H]2CC[C@@]2(C)[C@H]1CCC21OCCO1.CC(C)(C)[Si](C)(C)O[C@H]1CC[C@](C)([C@H]2CC[C@@]3(C)[C@@H](CCC34OCCO4)[C@@H]2C=O)[C@@H](C(=O)O)C1.[Na+].[O-][I+3]([O-])([O-])[O-]. The van der Waals surface area contributed by atoms with Crippen molar-refractivity contribution in [2.75, 3.05) is 26.4 Å². The number of hydrogen-bond acceptors (Lipinski definition) is 14. The van der Waals surface area contributed by atoms with Crippen LogP contribution in [0.15, 0.2) is 0 Å². The molecule has 7 saturated carbocycles. The van der Waals surface area contributed by atoms with Gasteiger partial charge in [0.15, 0.2) is 34.0 Å². The normalized spacial score (nSPS) is 42.0. The van der Waals surface area contributed by atoms with Crippen LogP contribution >= 0.6 is 0 Å². The summed E-state index contributed by atoms with van der Waals surface area (Å²) in [4.78, 5) is 39.0. The molecule has 0 bridgehead atoms. The third-order valence-electron chi connectivity index (χ3n) is 22.5. The van der Waals surface area contributed by atoms with E-state index in [9.17, 15) is 24.6 Å². The number of ether oxygens (including phenoxy) is 4. The predicted octanol–water partition coefficient (Wildman–Crippen LogP) is 0.217. The maximum atomic E-state index is 13.8. The van der Waals surface area contributed by atoms with E-state index >= 15 is 0 Å². The molecule has 2 aliphatic heterocycles. The van der Waals surface area contributed by atoms with Gasteiger partial charge in [0.1, 0.15) is 32.5 Å². The van der Waals surface area contributed by atoms with Crippen LogP contribution in [0.4, 0.5) is 0 Å². The van der Waals surface area contributed by atoms with Gasteiger partial charge in [0.25, 0.3) is 0 Å². The molecule has 0 aromatic heterocycles. The van der Waals surface area contributed by atoms with Gasteiger partial charge in [0.2, 0.25) is 0 Å². The van der Waals surface area contributed by atoms with Crippen molar-refractivity contribution in [2.24, 2.45) is 69.0 Å². The first kappa shape index (κ1) is 62.7. The van der Waals surface area contributed by atoms with Gasteiger partial charge in [-0.2, -0.15) is 0 Å². The van der Waals surface area contributed by atoms with Crippen LogP contribution in [0.3, 0.4) is 0 Å².